The number of hydrogen-bond donors (Lipinski definition) is 0. The lowest BCUT2D eigenvalue weighted by Crippen LogP contribution is -2.65. The van der Waals surface area contributed by atoms with Crippen LogP contribution in [0.3, 0.4) is 0 Å². The van der Waals surface area contributed by atoms with E-state index in [2.05, 4.69) is 9.84 Å². The van der Waals surface area contributed by atoms with Crippen molar-refractivity contribution in [3.63, 3.8) is 0 Å². The fraction of sp³-hybridized carbons (Fsp3) is 0.421. The summed E-state index contributed by atoms with van der Waals surface area (Å²) in [6.07, 6.45) is -1.95. The van der Waals surface area contributed by atoms with Gasteiger partial charge in [-0.3, -0.25) is 9.59 Å². The van der Waals surface area contributed by atoms with Gasteiger partial charge < -0.3 is 4.74 Å². The molecule has 2 aliphatic carbocycles. The Morgan fingerprint density at radius 1 is 1.22 bits per heavy atom. The van der Waals surface area contributed by atoms with Crippen LogP contribution in [0.15, 0.2) is 47.6 Å². The fourth-order valence-corrected chi connectivity index (χ4v) is 5.17. The molecular weight excluding hydrogens is 361 g/mol. The van der Waals surface area contributed by atoms with Gasteiger partial charge in [0.1, 0.15) is 5.41 Å². The Balaban J connectivity index is 1.98. The lowest BCUT2D eigenvalue weighted by Gasteiger charge is -2.46. The second-order valence-corrected chi connectivity index (χ2v) is 7.08. The highest BCUT2D eigenvalue weighted by molar-refractivity contribution is 6.22. The first-order valence-electron chi connectivity index (χ1n) is 8.51. The molecule has 1 spiro atoms. The third-order valence-electron chi connectivity index (χ3n) is 6.12. The Morgan fingerprint density at radius 3 is 2.44 bits per heavy atom. The number of amides is 1. The summed E-state index contributed by atoms with van der Waals surface area (Å²) in [5, 5.41) is 5.16. The van der Waals surface area contributed by atoms with Crippen LogP contribution in [0, 0.1) is 22.7 Å². The van der Waals surface area contributed by atoms with Crippen LogP contribution in [0.1, 0.15) is 13.3 Å². The topological polar surface area (TPSA) is 59.0 Å². The number of alkyl halides is 3. The van der Waals surface area contributed by atoms with E-state index in [4.69, 9.17) is 0 Å². The molecule has 4 atom stereocenters. The summed E-state index contributed by atoms with van der Waals surface area (Å²) >= 11 is 0. The molecule has 1 aliphatic heterocycles. The number of anilines is 1. The van der Waals surface area contributed by atoms with E-state index in [1.807, 2.05) is 0 Å². The van der Waals surface area contributed by atoms with E-state index >= 15 is 0 Å². The zero-order chi connectivity index (χ0) is 19.6. The number of nitrogens with zero attached hydrogens (tertiary/aromatic N) is 2. The molecule has 8 heteroatoms. The molecule has 2 bridgehead atoms. The van der Waals surface area contributed by atoms with Gasteiger partial charge >= 0.3 is 12.1 Å². The number of hydrazone groups is 1. The number of rotatable bonds is 2. The number of carbonyl (C=O) groups excluding carboxylic acids is 2. The van der Waals surface area contributed by atoms with Crippen LogP contribution in [0.25, 0.3) is 0 Å². The number of para-hydroxylation sites is 1. The van der Waals surface area contributed by atoms with Gasteiger partial charge in [0, 0.05) is 5.92 Å². The summed E-state index contributed by atoms with van der Waals surface area (Å²) in [5.74, 6) is -4.22. The zero-order valence-corrected chi connectivity index (χ0v) is 14.7. The van der Waals surface area contributed by atoms with Crippen LogP contribution in [-0.4, -0.2) is 30.9 Å². The molecule has 0 aromatic heterocycles. The van der Waals surface area contributed by atoms with Crippen molar-refractivity contribution < 1.29 is 27.5 Å². The first-order valence-corrected chi connectivity index (χ1v) is 8.51. The normalized spacial score (nSPS) is 34.5. The molecule has 1 heterocycles. The van der Waals surface area contributed by atoms with Gasteiger partial charge in [-0.1, -0.05) is 30.4 Å². The van der Waals surface area contributed by atoms with Gasteiger partial charge in [-0.2, -0.15) is 23.3 Å². The second kappa shape index (κ2) is 5.43. The van der Waals surface area contributed by atoms with Crippen LogP contribution < -0.4 is 5.01 Å². The number of fused-ring (bicyclic) bond motifs is 3. The third-order valence-corrected chi connectivity index (χ3v) is 6.12. The van der Waals surface area contributed by atoms with E-state index in [0.717, 1.165) is 12.1 Å². The number of carbonyl (C=O) groups is 2. The average Bonchev–Trinajstić information content (AvgIpc) is 3.29. The minimum Gasteiger partial charge on any atom is -0.468 e. The molecule has 0 N–H and O–H groups in total. The van der Waals surface area contributed by atoms with Crippen molar-refractivity contribution in [3.05, 3.63) is 42.5 Å². The monoisotopic (exact) mass is 378 g/mol. The third kappa shape index (κ3) is 1.83. The number of methoxy groups -OCH3 is 1. The molecule has 27 heavy (non-hydrogen) atoms. The highest BCUT2D eigenvalue weighted by atomic mass is 19.4. The highest BCUT2D eigenvalue weighted by Gasteiger charge is 2.86. The molecule has 0 saturated heterocycles. The molecule has 142 valence electrons. The molecule has 1 aromatic carbocycles. The SMILES string of the molecule is COC(=O)[C@]1(C(F)(F)F)[C@H]2C=C[C@@H](C2)[C@@]12C(=O)N(c1ccccc1)N=C2C. The fourth-order valence-electron chi connectivity index (χ4n) is 5.17. The first kappa shape index (κ1) is 17.8. The Kier molecular flexibility index (Phi) is 3.57. The summed E-state index contributed by atoms with van der Waals surface area (Å²) < 4.78 is 48.2. The number of halogens is 3. The summed E-state index contributed by atoms with van der Waals surface area (Å²) in [6.45, 7) is 1.39. The van der Waals surface area contributed by atoms with E-state index in [9.17, 15) is 22.8 Å². The Bertz CT molecular complexity index is 880. The van der Waals surface area contributed by atoms with Crippen molar-refractivity contribution in [2.24, 2.45) is 27.8 Å². The average molecular weight is 378 g/mol. The van der Waals surface area contributed by atoms with Crippen molar-refractivity contribution in [1.29, 1.82) is 0 Å². The first-order chi connectivity index (χ1) is 12.7. The van der Waals surface area contributed by atoms with E-state index in [-0.39, 0.29) is 12.1 Å². The Morgan fingerprint density at radius 2 is 1.85 bits per heavy atom. The largest absolute Gasteiger partial charge is 0.468 e. The predicted octanol–water partition coefficient (Wildman–Crippen LogP) is 3.32. The van der Waals surface area contributed by atoms with E-state index < -0.39 is 40.7 Å². The number of esters is 1. The summed E-state index contributed by atoms with van der Waals surface area (Å²) in [7, 11) is 0.917. The summed E-state index contributed by atoms with van der Waals surface area (Å²) in [4.78, 5) is 26.1. The molecule has 5 nitrogen and oxygen atoms in total. The number of allylic oxidation sites excluding steroid dienone is 2. The molecule has 3 aliphatic rings. The molecule has 4 rings (SSSR count). The van der Waals surface area contributed by atoms with Crippen molar-refractivity contribution in [2.75, 3.05) is 12.1 Å². The predicted molar refractivity (Wildman–Crippen MR) is 90.7 cm³/mol. The van der Waals surface area contributed by atoms with Crippen LogP contribution in [0.4, 0.5) is 18.9 Å². The Hall–Kier alpha value is -2.64. The van der Waals surface area contributed by atoms with E-state index in [0.29, 0.717) is 5.69 Å². The van der Waals surface area contributed by atoms with Crippen molar-refractivity contribution >= 4 is 23.3 Å². The minimum absolute atomic E-state index is 0.0177. The maximum Gasteiger partial charge on any atom is 0.406 e. The zero-order valence-electron chi connectivity index (χ0n) is 14.7. The van der Waals surface area contributed by atoms with Crippen molar-refractivity contribution in [1.82, 2.24) is 0 Å². The lowest BCUT2D eigenvalue weighted by atomic mass is 9.55. The van der Waals surface area contributed by atoms with Gasteiger partial charge in [-0.05, 0) is 31.4 Å². The van der Waals surface area contributed by atoms with Gasteiger partial charge in [0.05, 0.1) is 18.5 Å². The molecule has 1 amide bonds. The molecule has 0 radical (unpaired) electrons. The van der Waals surface area contributed by atoms with Gasteiger partial charge in [0.25, 0.3) is 5.91 Å². The maximum atomic E-state index is 14.5. The van der Waals surface area contributed by atoms with Crippen molar-refractivity contribution in [3.8, 4) is 0 Å². The van der Waals surface area contributed by atoms with Crippen molar-refractivity contribution in [2.45, 2.75) is 19.5 Å². The van der Waals surface area contributed by atoms with Gasteiger partial charge in [0.15, 0.2) is 5.41 Å². The summed E-state index contributed by atoms with van der Waals surface area (Å²) in [5.41, 5.74) is -4.78. The molecule has 1 aromatic rings. The van der Waals surface area contributed by atoms with Gasteiger partial charge in [-0.25, -0.2) is 0 Å². The lowest BCUT2D eigenvalue weighted by molar-refractivity contribution is -0.258. The molecular formula is C19H17F3N2O3. The van der Waals surface area contributed by atoms with E-state index in [1.165, 1.54) is 13.0 Å². The quantitative estimate of drug-likeness (QED) is 0.586. The van der Waals surface area contributed by atoms with Gasteiger partial charge in [-0.15, -0.1) is 0 Å². The number of benzene rings is 1. The van der Waals surface area contributed by atoms with Crippen LogP contribution in [0.5, 0.6) is 0 Å². The smallest absolute Gasteiger partial charge is 0.406 e. The van der Waals surface area contributed by atoms with Crippen LogP contribution in [0.2, 0.25) is 0 Å². The standard InChI is InChI=1S/C19H17F3N2O3/c1-11-17(15(25)24(23-11)14-6-4-3-5-7-14)12-8-9-13(10-12)18(17,16(26)27-2)19(20,21)22/h3-9,12-13H,10H2,1-2H3/t12-,13-,17-,18+/m0/s1. The van der Waals surface area contributed by atoms with Crippen LogP contribution >= 0.6 is 0 Å². The highest BCUT2D eigenvalue weighted by Crippen LogP contribution is 2.71. The number of ether oxygens (including phenoxy) is 1. The number of hydrogen-bond acceptors (Lipinski definition) is 4. The maximum absolute atomic E-state index is 14.5. The van der Waals surface area contributed by atoms with Gasteiger partial charge in [0.2, 0.25) is 0 Å². The minimum atomic E-state index is -4.98. The molecule has 1 saturated carbocycles. The second-order valence-electron chi connectivity index (χ2n) is 7.08. The molecule has 1 fully saturated rings. The van der Waals surface area contributed by atoms with Crippen LogP contribution in [-0.2, 0) is 14.3 Å². The van der Waals surface area contributed by atoms with E-state index in [1.54, 1.807) is 36.4 Å². The summed E-state index contributed by atoms with van der Waals surface area (Å²) in [6, 6.07) is 8.23. The Labute approximate surface area is 153 Å². The molecule has 0 unspecified atom stereocenters.